The number of nitrogens with one attached hydrogen (secondary N) is 2. The van der Waals surface area contributed by atoms with Crippen molar-refractivity contribution in [2.75, 3.05) is 44.2 Å². The van der Waals surface area contributed by atoms with Gasteiger partial charge in [0.2, 0.25) is 5.91 Å². The molecule has 0 unspecified atom stereocenters. The van der Waals surface area contributed by atoms with Gasteiger partial charge in [0.05, 0.1) is 50.6 Å². The van der Waals surface area contributed by atoms with Crippen molar-refractivity contribution in [3.63, 3.8) is 0 Å². The number of para-hydroxylation sites is 1. The maximum Gasteiger partial charge on any atom is 0.267 e. The highest BCUT2D eigenvalue weighted by atomic mass is 19.1. The van der Waals surface area contributed by atoms with Crippen LogP contribution < -0.4 is 20.7 Å². The van der Waals surface area contributed by atoms with Gasteiger partial charge in [-0.05, 0) is 18.2 Å². The number of rotatable bonds is 7. The van der Waals surface area contributed by atoms with E-state index in [1.807, 2.05) is 42.5 Å². The third kappa shape index (κ3) is 5.39. The molecule has 2 aromatic carbocycles. The maximum absolute atomic E-state index is 14.0. The van der Waals surface area contributed by atoms with E-state index in [0.29, 0.717) is 17.9 Å². The largest absolute Gasteiger partial charge is 0.358 e. The second-order valence-corrected chi connectivity index (χ2v) is 7.87. The van der Waals surface area contributed by atoms with Crippen molar-refractivity contribution in [2.45, 2.75) is 6.54 Å². The van der Waals surface area contributed by atoms with Gasteiger partial charge in [0, 0.05) is 11.6 Å². The van der Waals surface area contributed by atoms with Crippen LogP contribution in [0.25, 0.3) is 11.3 Å². The summed E-state index contributed by atoms with van der Waals surface area (Å²) in [6.45, 7) is 4.49. The summed E-state index contributed by atoms with van der Waals surface area (Å²) < 4.78 is 15.2. The normalized spacial score (nSPS) is 14.3. The van der Waals surface area contributed by atoms with Gasteiger partial charge < -0.3 is 15.1 Å². The number of hydrogen-bond acceptors (Lipinski definition) is 4. The smallest absolute Gasteiger partial charge is 0.267 e. The van der Waals surface area contributed by atoms with Crippen LogP contribution in [0.2, 0.25) is 0 Å². The molecule has 3 aromatic rings. The van der Waals surface area contributed by atoms with Crippen molar-refractivity contribution in [3.05, 3.63) is 82.9 Å². The number of hydrogen-bond donors (Lipinski definition) is 2. The molecular weight excluding hydrogens is 409 g/mol. The van der Waals surface area contributed by atoms with Crippen LogP contribution >= 0.6 is 0 Å². The van der Waals surface area contributed by atoms with Crippen molar-refractivity contribution in [2.24, 2.45) is 0 Å². The predicted molar refractivity (Wildman–Crippen MR) is 121 cm³/mol. The van der Waals surface area contributed by atoms with Crippen LogP contribution in [0.5, 0.6) is 0 Å². The van der Waals surface area contributed by atoms with Crippen molar-refractivity contribution in [1.82, 2.24) is 15.1 Å². The zero-order chi connectivity index (χ0) is 22.3. The van der Waals surface area contributed by atoms with Crippen LogP contribution in [0.4, 0.5) is 10.1 Å². The topological polar surface area (TPSA) is 71.7 Å². The van der Waals surface area contributed by atoms with Gasteiger partial charge in [0.25, 0.3) is 5.56 Å². The van der Waals surface area contributed by atoms with E-state index in [9.17, 15) is 14.0 Å². The number of aromatic nitrogens is 2. The van der Waals surface area contributed by atoms with E-state index in [-0.39, 0.29) is 23.8 Å². The number of amides is 1. The summed E-state index contributed by atoms with van der Waals surface area (Å²) in [5.74, 6) is -0.433. The molecule has 0 bridgehead atoms. The van der Waals surface area contributed by atoms with Crippen molar-refractivity contribution >= 4 is 11.6 Å². The highest BCUT2D eigenvalue weighted by molar-refractivity contribution is 5.75. The Labute approximate surface area is 186 Å². The van der Waals surface area contributed by atoms with Gasteiger partial charge in [-0.15, -0.1) is 0 Å². The van der Waals surface area contributed by atoms with E-state index < -0.39 is 0 Å². The van der Waals surface area contributed by atoms with Gasteiger partial charge in [0.1, 0.15) is 12.4 Å². The zero-order valence-electron chi connectivity index (χ0n) is 17.8. The fourth-order valence-electron chi connectivity index (χ4n) is 3.92. The zero-order valence-corrected chi connectivity index (χ0v) is 17.8. The third-order valence-electron chi connectivity index (χ3n) is 5.69. The van der Waals surface area contributed by atoms with E-state index in [2.05, 4.69) is 15.3 Å². The Morgan fingerprint density at radius 2 is 1.72 bits per heavy atom. The molecule has 0 saturated carbocycles. The second kappa shape index (κ2) is 10.2. The minimum Gasteiger partial charge on any atom is -0.358 e. The van der Waals surface area contributed by atoms with E-state index >= 15 is 0 Å². The lowest BCUT2D eigenvalue weighted by Crippen LogP contribution is -3.15. The molecule has 1 aromatic heterocycles. The summed E-state index contributed by atoms with van der Waals surface area (Å²) in [6, 6.07) is 19.5. The summed E-state index contributed by atoms with van der Waals surface area (Å²) in [7, 11) is 0. The van der Waals surface area contributed by atoms with E-state index in [1.54, 1.807) is 12.1 Å². The van der Waals surface area contributed by atoms with Crippen LogP contribution in [-0.2, 0) is 11.3 Å². The molecule has 32 heavy (non-hydrogen) atoms. The fourth-order valence-corrected chi connectivity index (χ4v) is 3.92. The van der Waals surface area contributed by atoms with Crippen molar-refractivity contribution in [3.8, 4) is 11.3 Å². The lowest BCUT2D eigenvalue weighted by molar-refractivity contribution is -0.899. The fraction of sp³-hybridized carbons (Fsp3) is 0.292. The first kappa shape index (κ1) is 21.7. The highest BCUT2D eigenvalue weighted by Crippen LogP contribution is 2.18. The molecule has 1 aliphatic heterocycles. The Morgan fingerprint density at radius 1 is 1.00 bits per heavy atom. The van der Waals surface area contributed by atoms with Gasteiger partial charge in [0.15, 0.2) is 0 Å². The first-order valence-electron chi connectivity index (χ1n) is 10.8. The first-order valence-corrected chi connectivity index (χ1v) is 10.8. The molecule has 0 radical (unpaired) electrons. The van der Waals surface area contributed by atoms with Crippen LogP contribution in [0.15, 0.2) is 71.5 Å². The Balaban J connectivity index is 1.24. The van der Waals surface area contributed by atoms with E-state index in [1.165, 1.54) is 21.7 Å². The van der Waals surface area contributed by atoms with Crippen molar-refractivity contribution < 1.29 is 14.1 Å². The molecule has 0 atom stereocenters. The standard InChI is InChI=1S/C24H26FN5O2/c25-20-8-4-5-9-22(20)29-16-14-28(15-17-29)13-12-26-23(31)18-30-24(32)11-10-21(27-30)19-6-2-1-3-7-19/h1-11H,12-18H2,(H,26,31)/p+1. The summed E-state index contributed by atoms with van der Waals surface area (Å²) >= 11 is 0. The molecule has 1 fully saturated rings. The van der Waals surface area contributed by atoms with Gasteiger partial charge in [-0.3, -0.25) is 9.59 Å². The number of nitrogens with zero attached hydrogens (tertiary/aromatic N) is 3. The molecule has 166 valence electrons. The average Bonchev–Trinajstić information content (AvgIpc) is 2.82. The summed E-state index contributed by atoms with van der Waals surface area (Å²) in [5, 5.41) is 7.21. The quantitative estimate of drug-likeness (QED) is 0.568. The number of halogens is 1. The Kier molecular flexibility index (Phi) is 6.91. The maximum atomic E-state index is 14.0. The number of quaternary nitrogens is 1. The summed E-state index contributed by atoms with van der Waals surface area (Å²) in [6.07, 6.45) is 0. The van der Waals surface area contributed by atoms with Gasteiger partial charge in [-0.1, -0.05) is 42.5 Å². The number of piperazine rings is 1. The number of carbonyl (C=O) groups is 1. The second-order valence-electron chi connectivity index (χ2n) is 7.87. The minimum absolute atomic E-state index is 0.115. The van der Waals surface area contributed by atoms with Gasteiger partial charge >= 0.3 is 0 Å². The van der Waals surface area contributed by atoms with Crippen LogP contribution in [0, 0.1) is 5.82 Å². The molecule has 2 heterocycles. The highest BCUT2D eigenvalue weighted by Gasteiger charge is 2.21. The molecule has 4 rings (SSSR count). The Morgan fingerprint density at radius 3 is 2.47 bits per heavy atom. The third-order valence-corrected chi connectivity index (χ3v) is 5.69. The summed E-state index contributed by atoms with van der Waals surface area (Å²) in [4.78, 5) is 27.9. The molecule has 7 nitrogen and oxygen atoms in total. The molecule has 8 heteroatoms. The molecule has 2 N–H and O–H groups in total. The predicted octanol–water partition coefficient (Wildman–Crippen LogP) is 0.571. The lowest BCUT2D eigenvalue weighted by atomic mass is 10.1. The van der Waals surface area contributed by atoms with E-state index in [0.717, 1.165) is 38.3 Å². The monoisotopic (exact) mass is 436 g/mol. The van der Waals surface area contributed by atoms with Gasteiger partial charge in [-0.25, -0.2) is 9.07 Å². The molecule has 0 aliphatic carbocycles. The molecule has 1 amide bonds. The first-order chi connectivity index (χ1) is 15.6. The van der Waals surface area contributed by atoms with Crippen LogP contribution in [0.3, 0.4) is 0 Å². The molecular formula is C24H27FN5O2+. The molecule has 1 aliphatic rings. The summed E-state index contributed by atoms with van der Waals surface area (Å²) in [5.41, 5.74) is 1.88. The van der Waals surface area contributed by atoms with Gasteiger partial charge in [-0.2, -0.15) is 5.10 Å². The SMILES string of the molecule is O=C(Cn1nc(-c2ccccc2)ccc1=O)NCC[NH+]1CCN(c2ccccc2F)CC1. The average molecular weight is 437 g/mol. The van der Waals surface area contributed by atoms with E-state index in [4.69, 9.17) is 0 Å². The number of anilines is 1. The van der Waals surface area contributed by atoms with Crippen molar-refractivity contribution in [1.29, 1.82) is 0 Å². The number of carbonyl (C=O) groups excluding carboxylic acids is 1. The number of benzene rings is 2. The van der Waals surface area contributed by atoms with Crippen LogP contribution in [0.1, 0.15) is 0 Å². The molecule has 0 spiro atoms. The Hall–Kier alpha value is -3.52. The van der Waals surface area contributed by atoms with Crippen LogP contribution in [-0.4, -0.2) is 55.0 Å². The minimum atomic E-state index is -0.310. The molecule has 1 saturated heterocycles. The lowest BCUT2D eigenvalue weighted by Gasteiger charge is -2.33. The Bertz CT molecular complexity index is 1110.